The van der Waals surface area contributed by atoms with E-state index in [0.29, 0.717) is 23.3 Å². The number of halogens is 2. The van der Waals surface area contributed by atoms with Crippen molar-refractivity contribution in [3.05, 3.63) is 28.8 Å². The topological polar surface area (TPSA) is 18.5 Å². The van der Waals surface area contributed by atoms with E-state index in [1.165, 1.54) is 0 Å². The van der Waals surface area contributed by atoms with Gasteiger partial charge >= 0.3 is 0 Å². The third-order valence-corrected chi connectivity index (χ3v) is 3.17. The van der Waals surface area contributed by atoms with Crippen LogP contribution in [0.25, 0.3) is 0 Å². The summed E-state index contributed by atoms with van der Waals surface area (Å²) in [6, 6.07) is 5.64. The first-order chi connectivity index (χ1) is 7.79. The predicted molar refractivity (Wildman–Crippen MR) is 65.5 cm³/mol. The maximum atomic E-state index is 6.10. The molecule has 1 saturated heterocycles. The molecule has 2 rings (SSSR count). The molecule has 1 aliphatic heterocycles. The summed E-state index contributed by atoms with van der Waals surface area (Å²) >= 11 is 11.8. The Morgan fingerprint density at radius 2 is 2.31 bits per heavy atom. The molecule has 0 aliphatic carbocycles. The zero-order chi connectivity index (χ0) is 11.4. The lowest BCUT2D eigenvalue weighted by molar-refractivity contribution is 0.00747. The Morgan fingerprint density at radius 3 is 2.94 bits per heavy atom. The zero-order valence-corrected chi connectivity index (χ0v) is 10.4. The summed E-state index contributed by atoms with van der Waals surface area (Å²) in [5.41, 5.74) is 0.999. The molecule has 1 aromatic carbocycles. The first-order valence-electron chi connectivity index (χ1n) is 5.38. The lowest BCUT2D eigenvalue weighted by Gasteiger charge is -2.23. The molecule has 0 amide bonds. The second-order valence-corrected chi connectivity index (χ2v) is 4.53. The minimum absolute atomic E-state index is 0.119. The number of benzene rings is 1. The SMILES string of the molecule is ClCc1ccc(OC2CCCOC2)c(Cl)c1. The Labute approximate surface area is 105 Å². The summed E-state index contributed by atoms with van der Waals surface area (Å²) < 4.78 is 11.1. The van der Waals surface area contributed by atoms with E-state index < -0.39 is 0 Å². The van der Waals surface area contributed by atoms with Crippen molar-refractivity contribution in [2.75, 3.05) is 13.2 Å². The molecule has 1 atom stereocenters. The smallest absolute Gasteiger partial charge is 0.138 e. The summed E-state index contributed by atoms with van der Waals surface area (Å²) in [7, 11) is 0. The largest absolute Gasteiger partial charge is 0.486 e. The van der Waals surface area contributed by atoms with E-state index in [0.717, 1.165) is 25.0 Å². The van der Waals surface area contributed by atoms with Gasteiger partial charge in [-0.05, 0) is 30.5 Å². The number of alkyl halides is 1. The van der Waals surface area contributed by atoms with Gasteiger partial charge in [0.2, 0.25) is 0 Å². The lowest BCUT2D eigenvalue weighted by Crippen LogP contribution is -2.28. The van der Waals surface area contributed by atoms with E-state index in [-0.39, 0.29) is 6.10 Å². The number of ether oxygens (including phenoxy) is 2. The molecule has 4 heteroatoms. The Morgan fingerprint density at radius 1 is 1.44 bits per heavy atom. The highest BCUT2D eigenvalue weighted by Crippen LogP contribution is 2.28. The molecule has 1 unspecified atom stereocenters. The van der Waals surface area contributed by atoms with E-state index in [2.05, 4.69) is 0 Å². The molecule has 1 aliphatic rings. The van der Waals surface area contributed by atoms with Crippen LogP contribution in [-0.4, -0.2) is 19.3 Å². The maximum Gasteiger partial charge on any atom is 0.138 e. The van der Waals surface area contributed by atoms with Crippen molar-refractivity contribution >= 4 is 23.2 Å². The molecule has 0 N–H and O–H groups in total. The van der Waals surface area contributed by atoms with Crippen molar-refractivity contribution in [1.82, 2.24) is 0 Å². The third kappa shape index (κ3) is 3.03. The summed E-state index contributed by atoms with van der Waals surface area (Å²) in [5.74, 6) is 1.18. The predicted octanol–water partition coefficient (Wildman–Crippen LogP) is 3.64. The first kappa shape index (κ1) is 12.0. The molecule has 1 aromatic rings. The third-order valence-electron chi connectivity index (χ3n) is 2.56. The molecule has 2 nitrogen and oxygen atoms in total. The van der Waals surface area contributed by atoms with Crippen LogP contribution < -0.4 is 4.74 Å². The van der Waals surface area contributed by atoms with Gasteiger partial charge in [-0.2, -0.15) is 0 Å². The van der Waals surface area contributed by atoms with Gasteiger partial charge in [0.05, 0.1) is 11.6 Å². The first-order valence-corrected chi connectivity index (χ1v) is 6.29. The Kier molecular flexibility index (Phi) is 4.33. The minimum atomic E-state index is 0.119. The van der Waals surface area contributed by atoms with Crippen molar-refractivity contribution in [3.8, 4) is 5.75 Å². The van der Waals surface area contributed by atoms with Crippen molar-refractivity contribution < 1.29 is 9.47 Å². The molecule has 0 radical (unpaired) electrons. The van der Waals surface area contributed by atoms with E-state index >= 15 is 0 Å². The molecular formula is C12H14Cl2O2. The van der Waals surface area contributed by atoms with E-state index in [9.17, 15) is 0 Å². The van der Waals surface area contributed by atoms with Crippen LogP contribution in [0.3, 0.4) is 0 Å². The van der Waals surface area contributed by atoms with Gasteiger partial charge in [0.15, 0.2) is 0 Å². The van der Waals surface area contributed by atoms with Crippen LogP contribution in [0.2, 0.25) is 5.02 Å². The molecule has 0 saturated carbocycles. The highest BCUT2D eigenvalue weighted by molar-refractivity contribution is 6.32. The van der Waals surface area contributed by atoms with Crippen molar-refractivity contribution in [3.63, 3.8) is 0 Å². The van der Waals surface area contributed by atoms with Crippen LogP contribution in [0, 0.1) is 0 Å². The Balaban J connectivity index is 2.03. The minimum Gasteiger partial charge on any atom is -0.486 e. The summed E-state index contributed by atoms with van der Waals surface area (Å²) in [6.45, 7) is 1.48. The molecule has 16 heavy (non-hydrogen) atoms. The zero-order valence-electron chi connectivity index (χ0n) is 8.92. The Bertz CT molecular complexity index is 349. The summed E-state index contributed by atoms with van der Waals surface area (Å²) in [6.07, 6.45) is 2.18. The summed E-state index contributed by atoms with van der Waals surface area (Å²) in [5, 5.41) is 0.615. The number of rotatable bonds is 3. The number of hydrogen-bond acceptors (Lipinski definition) is 2. The fourth-order valence-electron chi connectivity index (χ4n) is 1.71. The van der Waals surface area contributed by atoms with Crippen molar-refractivity contribution in [2.45, 2.75) is 24.8 Å². The fourth-order valence-corrected chi connectivity index (χ4v) is 2.12. The van der Waals surface area contributed by atoms with Gasteiger partial charge in [0, 0.05) is 12.5 Å². The van der Waals surface area contributed by atoms with Crippen molar-refractivity contribution in [1.29, 1.82) is 0 Å². The number of hydrogen-bond donors (Lipinski definition) is 0. The normalized spacial score (nSPS) is 20.8. The monoisotopic (exact) mass is 260 g/mol. The standard InChI is InChI=1S/C12H14Cl2O2/c13-7-9-3-4-12(11(14)6-9)16-10-2-1-5-15-8-10/h3-4,6,10H,1-2,5,7-8H2. The lowest BCUT2D eigenvalue weighted by atomic mass is 10.1. The molecule has 88 valence electrons. The van der Waals surface area contributed by atoms with Gasteiger partial charge in [-0.1, -0.05) is 17.7 Å². The van der Waals surface area contributed by atoms with E-state index in [4.69, 9.17) is 32.7 Å². The second kappa shape index (κ2) is 5.76. The molecule has 1 fully saturated rings. The van der Waals surface area contributed by atoms with E-state index in [1.807, 2.05) is 18.2 Å². The van der Waals surface area contributed by atoms with Crippen molar-refractivity contribution in [2.24, 2.45) is 0 Å². The van der Waals surface area contributed by atoms with Crippen LogP contribution in [0.1, 0.15) is 18.4 Å². The molecular weight excluding hydrogens is 247 g/mol. The van der Waals surface area contributed by atoms with Gasteiger partial charge in [0.25, 0.3) is 0 Å². The van der Waals surface area contributed by atoms with Gasteiger partial charge in [-0.15, -0.1) is 11.6 Å². The van der Waals surface area contributed by atoms with Crippen LogP contribution in [0.5, 0.6) is 5.75 Å². The van der Waals surface area contributed by atoms with Gasteiger partial charge in [-0.3, -0.25) is 0 Å². The van der Waals surface area contributed by atoms with Crippen LogP contribution >= 0.6 is 23.2 Å². The van der Waals surface area contributed by atoms with Crippen LogP contribution in [-0.2, 0) is 10.6 Å². The average Bonchev–Trinajstić information content (AvgIpc) is 2.33. The maximum absolute atomic E-state index is 6.10. The van der Waals surface area contributed by atoms with Gasteiger partial charge < -0.3 is 9.47 Å². The molecule has 1 heterocycles. The highest BCUT2D eigenvalue weighted by Gasteiger charge is 2.16. The van der Waals surface area contributed by atoms with Crippen LogP contribution in [0.4, 0.5) is 0 Å². The molecule has 0 bridgehead atoms. The average molecular weight is 261 g/mol. The molecule has 0 spiro atoms. The quantitative estimate of drug-likeness (QED) is 0.773. The van der Waals surface area contributed by atoms with Gasteiger partial charge in [0.1, 0.15) is 11.9 Å². The second-order valence-electron chi connectivity index (χ2n) is 3.86. The fraction of sp³-hybridized carbons (Fsp3) is 0.500. The van der Waals surface area contributed by atoms with Crippen LogP contribution in [0.15, 0.2) is 18.2 Å². The Hall–Kier alpha value is -0.440. The molecule has 0 aromatic heterocycles. The van der Waals surface area contributed by atoms with E-state index in [1.54, 1.807) is 0 Å². The highest BCUT2D eigenvalue weighted by atomic mass is 35.5. The summed E-state index contributed by atoms with van der Waals surface area (Å²) in [4.78, 5) is 0. The van der Waals surface area contributed by atoms with Gasteiger partial charge in [-0.25, -0.2) is 0 Å².